The molecule has 0 radical (unpaired) electrons. The standard InChI is InChI=1S/C15H25NOS/c1-9(2)12-5-6-14(17)13(7-12)8-15-16-10(3)11(4)18-15/h9,12-14,17H,5-8H2,1-4H3. The fourth-order valence-corrected chi connectivity index (χ4v) is 3.99. The lowest BCUT2D eigenvalue weighted by Gasteiger charge is -2.35. The Morgan fingerprint density at radius 1 is 1.33 bits per heavy atom. The van der Waals surface area contributed by atoms with Gasteiger partial charge in [-0.2, -0.15) is 0 Å². The van der Waals surface area contributed by atoms with Gasteiger partial charge in [0.15, 0.2) is 0 Å². The summed E-state index contributed by atoms with van der Waals surface area (Å²) in [5.41, 5.74) is 1.15. The second-order valence-electron chi connectivity index (χ2n) is 6.10. The van der Waals surface area contributed by atoms with Gasteiger partial charge in [-0.1, -0.05) is 13.8 Å². The quantitative estimate of drug-likeness (QED) is 0.905. The Balaban J connectivity index is 2.02. The molecule has 0 aromatic carbocycles. The van der Waals surface area contributed by atoms with Gasteiger partial charge < -0.3 is 5.11 Å². The molecule has 1 aromatic heterocycles. The van der Waals surface area contributed by atoms with Crippen LogP contribution in [0.2, 0.25) is 0 Å². The summed E-state index contributed by atoms with van der Waals surface area (Å²) in [5, 5.41) is 11.4. The van der Waals surface area contributed by atoms with Gasteiger partial charge in [-0.15, -0.1) is 11.3 Å². The molecule has 1 fully saturated rings. The molecule has 0 spiro atoms. The highest BCUT2D eigenvalue weighted by molar-refractivity contribution is 7.11. The van der Waals surface area contributed by atoms with Crippen LogP contribution in [0.15, 0.2) is 0 Å². The molecule has 102 valence electrons. The van der Waals surface area contributed by atoms with Crippen molar-refractivity contribution in [3.63, 3.8) is 0 Å². The van der Waals surface area contributed by atoms with E-state index in [1.54, 1.807) is 11.3 Å². The van der Waals surface area contributed by atoms with Crippen molar-refractivity contribution in [1.29, 1.82) is 0 Å². The second-order valence-corrected chi connectivity index (χ2v) is 7.39. The molecule has 2 rings (SSSR count). The molecule has 1 aromatic rings. The first-order valence-electron chi connectivity index (χ1n) is 7.08. The van der Waals surface area contributed by atoms with Crippen LogP contribution in [-0.2, 0) is 6.42 Å². The van der Waals surface area contributed by atoms with E-state index >= 15 is 0 Å². The molecule has 1 N–H and O–H groups in total. The molecule has 2 nitrogen and oxygen atoms in total. The van der Waals surface area contributed by atoms with E-state index in [0.29, 0.717) is 5.92 Å². The van der Waals surface area contributed by atoms with Crippen LogP contribution in [0.25, 0.3) is 0 Å². The molecule has 1 aliphatic carbocycles. The Labute approximate surface area is 114 Å². The molecule has 0 saturated heterocycles. The van der Waals surface area contributed by atoms with E-state index < -0.39 is 0 Å². The van der Waals surface area contributed by atoms with E-state index in [0.717, 1.165) is 36.8 Å². The van der Waals surface area contributed by atoms with E-state index in [4.69, 9.17) is 0 Å². The minimum Gasteiger partial charge on any atom is -0.393 e. The summed E-state index contributed by atoms with van der Waals surface area (Å²) < 4.78 is 0. The van der Waals surface area contributed by atoms with Gasteiger partial charge in [0.05, 0.1) is 16.8 Å². The molecular formula is C15H25NOS. The Morgan fingerprint density at radius 2 is 2.06 bits per heavy atom. The zero-order chi connectivity index (χ0) is 13.3. The van der Waals surface area contributed by atoms with Gasteiger partial charge in [0.25, 0.3) is 0 Å². The third-order valence-electron chi connectivity index (χ3n) is 4.44. The van der Waals surface area contributed by atoms with E-state index in [1.165, 1.54) is 16.3 Å². The van der Waals surface area contributed by atoms with Crippen LogP contribution >= 0.6 is 11.3 Å². The number of thiazole rings is 1. The Hall–Kier alpha value is -0.410. The maximum atomic E-state index is 10.2. The summed E-state index contributed by atoms with van der Waals surface area (Å²) in [7, 11) is 0. The van der Waals surface area contributed by atoms with Gasteiger partial charge in [0.2, 0.25) is 0 Å². The lowest BCUT2D eigenvalue weighted by Crippen LogP contribution is -2.32. The highest BCUT2D eigenvalue weighted by Crippen LogP contribution is 2.36. The molecule has 1 aliphatic rings. The van der Waals surface area contributed by atoms with Crippen LogP contribution < -0.4 is 0 Å². The van der Waals surface area contributed by atoms with Crippen molar-refractivity contribution in [3.8, 4) is 0 Å². The summed E-state index contributed by atoms with van der Waals surface area (Å²) in [5.74, 6) is 1.93. The van der Waals surface area contributed by atoms with Gasteiger partial charge in [-0.3, -0.25) is 0 Å². The Kier molecular flexibility index (Phi) is 4.44. The van der Waals surface area contributed by atoms with E-state index in [9.17, 15) is 5.11 Å². The number of rotatable bonds is 3. The van der Waals surface area contributed by atoms with Crippen LogP contribution in [-0.4, -0.2) is 16.2 Å². The highest BCUT2D eigenvalue weighted by atomic mass is 32.1. The van der Waals surface area contributed by atoms with Crippen molar-refractivity contribution in [2.24, 2.45) is 17.8 Å². The third kappa shape index (κ3) is 3.12. The number of nitrogens with zero attached hydrogens (tertiary/aromatic N) is 1. The predicted octanol–water partition coefficient (Wildman–Crippen LogP) is 3.74. The average molecular weight is 267 g/mol. The smallest absolute Gasteiger partial charge is 0.0934 e. The maximum Gasteiger partial charge on any atom is 0.0934 e. The fourth-order valence-electron chi connectivity index (χ4n) is 2.96. The first-order chi connectivity index (χ1) is 8.47. The van der Waals surface area contributed by atoms with Crippen molar-refractivity contribution in [2.45, 2.75) is 59.5 Å². The second kappa shape index (κ2) is 5.70. The van der Waals surface area contributed by atoms with Crippen molar-refractivity contribution < 1.29 is 5.11 Å². The molecule has 18 heavy (non-hydrogen) atoms. The van der Waals surface area contributed by atoms with E-state index in [1.807, 2.05) is 0 Å². The monoisotopic (exact) mass is 267 g/mol. The van der Waals surface area contributed by atoms with Crippen molar-refractivity contribution >= 4 is 11.3 Å². The minimum absolute atomic E-state index is 0.121. The lowest BCUT2D eigenvalue weighted by atomic mass is 9.74. The molecule has 3 atom stereocenters. The molecule has 3 unspecified atom stereocenters. The third-order valence-corrected chi connectivity index (χ3v) is 5.53. The number of hydrogen-bond acceptors (Lipinski definition) is 3. The fraction of sp³-hybridized carbons (Fsp3) is 0.800. The van der Waals surface area contributed by atoms with Crippen molar-refractivity contribution in [1.82, 2.24) is 4.98 Å². The average Bonchev–Trinajstić information content (AvgIpc) is 2.61. The molecule has 3 heteroatoms. The summed E-state index contributed by atoms with van der Waals surface area (Å²) >= 11 is 1.80. The first-order valence-corrected chi connectivity index (χ1v) is 7.90. The van der Waals surface area contributed by atoms with Gasteiger partial charge in [-0.05, 0) is 50.9 Å². The topological polar surface area (TPSA) is 33.1 Å². The number of aromatic nitrogens is 1. The predicted molar refractivity (Wildman–Crippen MR) is 77.0 cm³/mol. The van der Waals surface area contributed by atoms with Gasteiger partial charge >= 0.3 is 0 Å². The van der Waals surface area contributed by atoms with E-state index in [-0.39, 0.29) is 6.10 Å². The number of aliphatic hydroxyl groups excluding tert-OH is 1. The summed E-state index contributed by atoms with van der Waals surface area (Å²) in [4.78, 5) is 5.93. The number of hydrogen-bond donors (Lipinski definition) is 1. The van der Waals surface area contributed by atoms with Gasteiger partial charge in [0, 0.05) is 11.3 Å². The molecule has 1 saturated carbocycles. The zero-order valence-electron chi connectivity index (χ0n) is 11.9. The first kappa shape index (κ1) is 14.0. The molecule has 1 heterocycles. The highest BCUT2D eigenvalue weighted by Gasteiger charge is 2.31. The van der Waals surface area contributed by atoms with Crippen LogP contribution in [0.4, 0.5) is 0 Å². The van der Waals surface area contributed by atoms with Crippen LogP contribution in [0.1, 0.15) is 48.7 Å². The Bertz CT molecular complexity index is 380. The maximum absolute atomic E-state index is 10.2. The van der Waals surface area contributed by atoms with Crippen molar-refractivity contribution in [3.05, 3.63) is 15.6 Å². The molecular weight excluding hydrogens is 242 g/mol. The molecule has 0 amide bonds. The van der Waals surface area contributed by atoms with Gasteiger partial charge in [-0.25, -0.2) is 4.98 Å². The van der Waals surface area contributed by atoms with Crippen LogP contribution in [0.3, 0.4) is 0 Å². The number of aliphatic hydroxyl groups is 1. The largest absolute Gasteiger partial charge is 0.393 e. The number of aryl methyl sites for hydroxylation is 2. The summed E-state index contributed by atoms with van der Waals surface area (Å²) in [6.07, 6.45) is 4.16. The molecule has 0 bridgehead atoms. The summed E-state index contributed by atoms with van der Waals surface area (Å²) in [6.45, 7) is 8.81. The lowest BCUT2D eigenvalue weighted by molar-refractivity contribution is 0.0378. The van der Waals surface area contributed by atoms with Crippen molar-refractivity contribution in [2.75, 3.05) is 0 Å². The Morgan fingerprint density at radius 3 is 2.61 bits per heavy atom. The molecule has 0 aliphatic heterocycles. The van der Waals surface area contributed by atoms with Crippen LogP contribution in [0, 0.1) is 31.6 Å². The minimum atomic E-state index is -0.121. The van der Waals surface area contributed by atoms with Gasteiger partial charge in [0.1, 0.15) is 0 Å². The van der Waals surface area contributed by atoms with Crippen LogP contribution in [0.5, 0.6) is 0 Å². The zero-order valence-corrected chi connectivity index (χ0v) is 12.8. The SMILES string of the molecule is Cc1nc(CC2CC(C(C)C)CCC2O)sc1C. The van der Waals surface area contributed by atoms with E-state index in [2.05, 4.69) is 32.7 Å². The normalized spacial score (nSPS) is 28.9. The summed E-state index contributed by atoms with van der Waals surface area (Å²) in [6, 6.07) is 0.